The van der Waals surface area contributed by atoms with Gasteiger partial charge in [0.2, 0.25) is 5.75 Å². The first kappa shape index (κ1) is 20.8. The normalized spacial score (nSPS) is 13.2. The third-order valence-corrected chi connectivity index (χ3v) is 5.50. The largest absolute Gasteiger partial charge is 0.493 e. The Hall–Kier alpha value is -4.08. The van der Waals surface area contributed by atoms with Crippen LogP contribution >= 0.6 is 0 Å². The summed E-state index contributed by atoms with van der Waals surface area (Å²) in [4.78, 5) is 13.9. The molecule has 0 saturated heterocycles. The van der Waals surface area contributed by atoms with E-state index in [1.54, 1.807) is 33.9 Å². The van der Waals surface area contributed by atoms with Gasteiger partial charge in [-0.2, -0.15) is 5.10 Å². The van der Waals surface area contributed by atoms with Crippen LogP contribution in [0.5, 0.6) is 17.2 Å². The second-order valence-corrected chi connectivity index (χ2v) is 7.91. The Labute approximate surface area is 190 Å². The van der Waals surface area contributed by atoms with Gasteiger partial charge in [-0.05, 0) is 25.3 Å². The Bertz CT molecular complexity index is 1330. The van der Waals surface area contributed by atoms with Crippen LogP contribution in [0.25, 0.3) is 22.3 Å². The predicted octanol–water partition coefficient (Wildman–Crippen LogP) is 4.15. The number of hydrogen-bond donors (Lipinski definition) is 1. The molecule has 0 bridgehead atoms. The number of nitrogens with one attached hydrogen (secondary N) is 1. The highest BCUT2D eigenvalue weighted by Crippen LogP contribution is 2.40. The van der Waals surface area contributed by atoms with Crippen LogP contribution < -0.4 is 19.5 Å². The molecule has 1 aliphatic rings. The first-order chi connectivity index (χ1) is 16.0. The van der Waals surface area contributed by atoms with Crippen molar-refractivity contribution in [3.8, 4) is 22.9 Å². The van der Waals surface area contributed by atoms with Gasteiger partial charge in [-0.1, -0.05) is 6.58 Å². The Morgan fingerprint density at radius 1 is 1.09 bits per heavy atom. The summed E-state index contributed by atoms with van der Waals surface area (Å²) >= 11 is 0. The van der Waals surface area contributed by atoms with E-state index in [9.17, 15) is 0 Å². The number of aromatic nitrogens is 6. The third kappa shape index (κ3) is 3.73. The van der Waals surface area contributed by atoms with Gasteiger partial charge in [-0.25, -0.2) is 19.6 Å². The molecule has 0 spiro atoms. The van der Waals surface area contributed by atoms with E-state index in [1.165, 1.54) is 0 Å². The summed E-state index contributed by atoms with van der Waals surface area (Å²) in [6.45, 7) is 5.90. The van der Waals surface area contributed by atoms with Gasteiger partial charge in [0, 0.05) is 12.1 Å². The summed E-state index contributed by atoms with van der Waals surface area (Å²) in [6, 6.07) is 4.12. The van der Waals surface area contributed by atoms with E-state index in [2.05, 4.69) is 27.0 Å². The van der Waals surface area contributed by atoms with Gasteiger partial charge in [0.25, 0.3) is 0 Å². The van der Waals surface area contributed by atoms with Gasteiger partial charge in [-0.15, -0.1) is 0 Å². The topological polar surface area (TPSA) is 101 Å². The van der Waals surface area contributed by atoms with Crippen LogP contribution in [0, 0.1) is 0 Å². The lowest BCUT2D eigenvalue weighted by molar-refractivity contribution is 0.324. The Kier molecular flexibility index (Phi) is 5.12. The third-order valence-electron chi connectivity index (χ3n) is 5.50. The van der Waals surface area contributed by atoms with Crippen molar-refractivity contribution >= 4 is 28.2 Å². The number of benzene rings is 1. The summed E-state index contributed by atoms with van der Waals surface area (Å²) in [5, 5.41) is 8.71. The first-order valence-electron chi connectivity index (χ1n) is 10.5. The zero-order valence-electron chi connectivity index (χ0n) is 19.0. The Morgan fingerprint density at radius 3 is 2.42 bits per heavy atom. The molecule has 10 heteroatoms. The monoisotopic (exact) mass is 447 g/mol. The molecule has 33 heavy (non-hydrogen) atoms. The molecule has 5 rings (SSSR count). The van der Waals surface area contributed by atoms with Crippen LogP contribution in [0.4, 0.5) is 11.6 Å². The number of allylic oxidation sites excluding steroid dienone is 1. The van der Waals surface area contributed by atoms with Gasteiger partial charge >= 0.3 is 0 Å². The number of ether oxygens (including phenoxy) is 3. The SMILES string of the molecule is C=C(C)c1nc(Nc2cn(-c3cc(OC)c(OC)c(OC)c3)cn2)c2cnn(C3CC3)c2n1. The number of methoxy groups -OCH3 is 3. The molecule has 0 amide bonds. The molecule has 0 unspecified atom stereocenters. The Balaban J connectivity index is 1.51. The number of nitrogens with zero attached hydrogens (tertiary/aromatic N) is 6. The quantitative estimate of drug-likeness (QED) is 0.430. The fourth-order valence-corrected chi connectivity index (χ4v) is 3.66. The van der Waals surface area contributed by atoms with Crippen LogP contribution in [0.2, 0.25) is 0 Å². The average Bonchev–Trinajstić information content (AvgIpc) is 3.40. The fraction of sp³-hybridized carbons (Fsp3) is 0.304. The number of rotatable bonds is 8. The molecule has 4 aromatic rings. The van der Waals surface area contributed by atoms with Crippen molar-refractivity contribution in [3.05, 3.63) is 43.3 Å². The maximum Gasteiger partial charge on any atom is 0.203 e. The van der Waals surface area contributed by atoms with Crippen molar-refractivity contribution in [1.29, 1.82) is 0 Å². The van der Waals surface area contributed by atoms with Crippen molar-refractivity contribution < 1.29 is 14.2 Å². The van der Waals surface area contributed by atoms with Gasteiger partial charge < -0.3 is 24.1 Å². The van der Waals surface area contributed by atoms with Crippen molar-refractivity contribution in [2.24, 2.45) is 0 Å². The van der Waals surface area contributed by atoms with E-state index in [4.69, 9.17) is 19.2 Å². The van der Waals surface area contributed by atoms with E-state index < -0.39 is 0 Å². The van der Waals surface area contributed by atoms with Gasteiger partial charge in [0.15, 0.2) is 23.0 Å². The van der Waals surface area contributed by atoms with Gasteiger partial charge in [-0.3, -0.25) is 0 Å². The van der Waals surface area contributed by atoms with E-state index in [0.717, 1.165) is 35.1 Å². The fourth-order valence-electron chi connectivity index (χ4n) is 3.66. The van der Waals surface area contributed by atoms with E-state index in [1.807, 2.05) is 34.5 Å². The number of hydrogen-bond acceptors (Lipinski definition) is 8. The van der Waals surface area contributed by atoms with Crippen molar-refractivity contribution in [2.75, 3.05) is 26.6 Å². The number of anilines is 2. The number of imidazole rings is 1. The molecule has 1 saturated carbocycles. The molecule has 1 N–H and O–H groups in total. The van der Waals surface area contributed by atoms with E-state index >= 15 is 0 Å². The van der Waals surface area contributed by atoms with Crippen molar-refractivity contribution in [3.63, 3.8) is 0 Å². The zero-order chi connectivity index (χ0) is 23.1. The summed E-state index contributed by atoms with van der Waals surface area (Å²) in [6.07, 6.45) is 7.60. The molecule has 0 aliphatic heterocycles. The highest BCUT2D eigenvalue weighted by Gasteiger charge is 2.27. The highest BCUT2D eigenvalue weighted by molar-refractivity contribution is 5.89. The van der Waals surface area contributed by atoms with Crippen LogP contribution in [0.3, 0.4) is 0 Å². The minimum atomic E-state index is 0.405. The molecule has 0 atom stereocenters. The second kappa shape index (κ2) is 8.12. The van der Waals surface area contributed by atoms with Crippen molar-refractivity contribution in [1.82, 2.24) is 29.3 Å². The predicted molar refractivity (Wildman–Crippen MR) is 125 cm³/mol. The maximum atomic E-state index is 5.46. The lowest BCUT2D eigenvalue weighted by Gasteiger charge is -2.14. The summed E-state index contributed by atoms with van der Waals surface area (Å²) in [5.74, 6) is 3.50. The van der Waals surface area contributed by atoms with E-state index in [-0.39, 0.29) is 0 Å². The minimum Gasteiger partial charge on any atom is -0.493 e. The lowest BCUT2D eigenvalue weighted by Crippen LogP contribution is -2.03. The van der Waals surface area contributed by atoms with Crippen LogP contribution in [-0.4, -0.2) is 50.6 Å². The molecule has 10 nitrogen and oxygen atoms in total. The molecule has 3 aromatic heterocycles. The summed E-state index contributed by atoms with van der Waals surface area (Å²) in [5.41, 5.74) is 2.39. The second-order valence-electron chi connectivity index (χ2n) is 7.91. The standard InChI is InChI=1S/C23H25N7O3/c1-13(2)21-27-22(16-10-25-30(14-6-7-14)23(16)28-21)26-19-11-29(12-24-19)15-8-17(31-3)20(33-5)18(9-15)32-4/h8-12,14H,1,6-7H2,2-5H3,(H,26,27,28). The minimum absolute atomic E-state index is 0.405. The van der Waals surface area contributed by atoms with Crippen molar-refractivity contribution in [2.45, 2.75) is 25.8 Å². The maximum absolute atomic E-state index is 5.46. The van der Waals surface area contributed by atoms with Crippen LogP contribution in [0.1, 0.15) is 31.6 Å². The molecule has 3 heterocycles. The molecule has 1 fully saturated rings. The van der Waals surface area contributed by atoms with E-state index in [0.29, 0.717) is 40.8 Å². The number of fused-ring (bicyclic) bond motifs is 1. The molecular formula is C23H25N7O3. The molecule has 1 aliphatic carbocycles. The van der Waals surface area contributed by atoms with Gasteiger partial charge in [0.05, 0.1) is 50.8 Å². The van der Waals surface area contributed by atoms with Gasteiger partial charge in [0.1, 0.15) is 18.0 Å². The average molecular weight is 447 g/mol. The zero-order valence-corrected chi connectivity index (χ0v) is 19.0. The lowest BCUT2D eigenvalue weighted by atomic mass is 10.2. The summed E-state index contributed by atoms with van der Waals surface area (Å²) in [7, 11) is 4.75. The molecule has 1 aromatic carbocycles. The first-order valence-corrected chi connectivity index (χ1v) is 10.5. The van der Waals surface area contributed by atoms with Crippen LogP contribution in [0.15, 0.2) is 37.4 Å². The van der Waals surface area contributed by atoms with Crippen LogP contribution in [-0.2, 0) is 0 Å². The molecular weight excluding hydrogens is 422 g/mol. The Morgan fingerprint density at radius 2 is 1.82 bits per heavy atom. The smallest absolute Gasteiger partial charge is 0.203 e. The molecule has 0 radical (unpaired) electrons. The molecule has 170 valence electrons. The summed E-state index contributed by atoms with van der Waals surface area (Å²) < 4.78 is 20.2. The highest BCUT2D eigenvalue weighted by atomic mass is 16.5.